The van der Waals surface area contributed by atoms with Gasteiger partial charge in [0, 0.05) is 23.9 Å². The van der Waals surface area contributed by atoms with Crippen molar-refractivity contribution < 1.29 is 4.92 Å². The molecule has 0 saturated carbocycles. The summed E-state index contributed by atoms with van der Waals surface area (Å²) >= 11 is 0. The predicted molar refractivity (Wildman–Crippen MR) is 71.6 cm³/mol. The van der Waals surface area contributed by atoms with E-state index in [9.17, 15) is 14.9 Å². The van der Waals surface area contributed by atoms with Crippen LogP contribution < -0.4 is 5.56 Å². The number of nitro benzene ring substituents is 1. The zero-order valence-electron chi connectivity index (χ0n) is 10.8. The Labute approximate surface area is 109 Å². The molecule has 1 heterocycles. The number of nitrogens with zero attached hydrogens (tertiary/aromatic N) is 2. The van der Waals surface area contributed by atoms with Gasteiger partial charge in [0.1, 0.15) is 0 Å². The number of aromatic amines is 1. The molecular formula is C13H15N3O3. The highest BCUT2D eigenvalue weighted by Crippen LogP contribution is 2.15. The summed E-state index contributed by atoms with van der Waals surface area (Å²) in [4.78, 5) is 22.1. The molecule has 0 bridgehead atoms. The molecule has 6 heteroatoms. The molecule has 0 aliphatic carbocycles. The first-order valence-corrected chi connectivity index (χ1v) is 6.03. The van der Waals surface area contributed by atoms with Crippen molar-refractivity contribution >= 4 is 5.69 Å². The first-order chi connectivity index (χ1) is 8.97. The number of aromatic nitrogens is 2. The van der Waals surface area contributed by atoms with Gasteiger partial charge in [-0.3, -0.25) is 20.0 Å². The van der Waals surface area contributed by atoms with Crippen LogP contribution in [0.3, 0.4) is 0 Å². The third-order valence-corrected chi connectivity index (χ3v) is 2.70. The van der Waals surface area contributed by atoms with Crippen molar-refractivity contribution in [3.8, 4) is 5.69 Å². The van der Waals surface area contributed by atoms with E-state index in [0.29, 0.717) is 11.6 Å². The van der Waals surface area contributed by atoms with Crippen LogP contribution >= 0.6 is 0 Å². The molecule has 1 aromatic heterocycles. The van der Waals surface area contributed by atoms with E-state index in [1.807, 2.05) is 0 Å². The summed E-state index contributed by atoms with van der Waals surface area (Å²) in [6.07, 6.45) is 0.761. The molecular weight excluding hydrogens is 246 g/mol. The fourth-order valence-corrected chi connectivity index (χ4v) is 1.93. The Balaban J connectivity index is 2.41. The highest BCUT2D eigenvalue weighted by Gasteiger charge is 2.10. The van der Waals surface area contributed by atoms with Gasteiger partial charge < -0.3 is 0 Å². The third-order valence-electron chi connectivity index (χ3n) is 2.70. The molecule has 0 aliphatic heterocycles. The van der Waals surface area contributed by atoms with E-state index in [-0.39, 0.29) is 11.2 Å². The molecule has 1 aromatic carbocycles. The zero-order valence-corrected chi connectivity index (χ0v) is 10.8. The highest BCUT2D eigenvalue weighted by atomic mass is 16.6. The predicted octanol–water partition coefficient (Wildman–Crippen LogP) is 2.27. The Hall–Kier alpha value is -2.37. The topological polar surface area (TPSA) is 80.9 Å². The van der Waals surface area contributed by atoms with E-state index in [2.05, 4.69) is 18.9 Å². The molecule has 19 heavy (non-hydrogen) atoms. The number of H-pyrrole nitrogens is 1. The molecule has 6 nitrogen and oxygen atoms in total. The molecule has 0 atom stereocenters. The van der Waals surface area contributed by atoms with Crippen LogP contribution in [0.2, 0.25) is 0 Å². The Morgan fingerprint density at radius 1 is 1.37 bits per heavy atom. The minimum atomic E-state index is -0.480. The minimum absolute atomic E-state index is 0.0376. The molecule has 0 amide bonds. The molecule has 0 aliphatic rings. The van der Waals surface area contributed by atoms with E-state index in [1.54, 1.807) is 12.1 Å². The van der Waals surface area contributed by atoms with Crippen molar-refractivity contribution in [2.75, 3.05) is 0 Å². The van der Waals surface area contributed by atoms with E-state index in [0.717, 1.165) is 12.1 Å². The Morgan fingerprint density at radius 3 is 2.74 bits per heavy atom. The molecule has 1 N–H and O–H groups in total. The molecule has 0 unspecified atom stereocenters. The van der Waals surface area contributed by atoms with Crippen LogP contribution in [0.25, 0.3) is 5.69 Å². The second kappa shape index (κ2) is 5.09. The fraction of sp³-hybridized carbons (Fsp3) is 0.308. The number of benzene rings is 1. The summed E-state index contributed by atoms with van der Waals surface area (Å²) in [5, 5.41) is 13.7. The molecule has 2 aromatic rings. The Morgan fingerprint density at radius 2 is 2.11 bits per heavy atom. The number of rotatable bonds is 4. The van der Waals surface area contributed by atoms with Crippen molar-refractivity contribution in [2.24, 2.45) is 5.92 Å². The normalized spacial score (nSPS) is 10.9. The average Bonchev–Trinajstić information content (AvgIpc) is 2.69. The van der Waals surface area contributed by atoms with Gasteiger partial charge in [0.05, 0.1) is 10.6 Å². The maximum Gasteiger partial charge on any atom is 0.271 e. The summed E-state index contributed by atoms with van der Waals surface area (Å²) in [6, 6.07) is 7.51. The van der Waals surface area contributed by atoms with Crippen molar-refractivity contribution in [3.63, 3.8) is 0 Å². The van der Waals surface area contributed by atoms with Gasteiger partial charge in [-0.1, -0.05) is 19.9 Å². The number of nitro groups is 1. The molecule has 2 rings (SSSR count). The monoisotopic (exact) mass is 261 g/mol. The molecule has 0 radical (unpaired) electrons. The number of hydrogen-bond donors (Lipinski definition) is 1. The van der Waals surface area contributed by atoms with Crippen molar-refractivity contribution in [1.82, 2.24) is 9.78 Å². The maximum absolute atomic E-state index is 11.9. The van der Waals surface area contributed by atoms with Crippen molar-refractivity contribution in [2.45, 2.75) is 20.3 Å². The van der Waals surface area contributed by atoms with Gasteiger partial charge in [0.15, 0.2) is 0 Å². The summed E-state index contributed by atoms with van der Waals surface area (Å²) in [6.45, 7) is 4.12. The quantitative estimate of drug-likeness (QED) is 0.677. The van der Waals surface area contributed by atoms with Crippen LogP contribution in [-0.4, -0.2) is 14.7 Å². The number of hydrogen-bond acceptors (Lipinski definition) is 3. The third kappa shape index (κ3) is 2.90. The Kier molecular flexibility index (Phi) is 3.50. The summed E-state index contributed by atoms with van der Waals surface area (Å²) < 4.78 is 1.32. The van der Waals surface area contributed by atoms with Crippen molar-refractivity contribution in [3.05, 3.63) is 56.5 Å². The summed E-state index contributed by atoms with van der Waals surface area (Å²) in [7, 11) is 0. The van der Waals surface area contributed by atoms with E-state index < -0.39 is 4.92 Å². The number of nitrogens with one attached hydrogen (secondary N) is 1. The van der Waals surface area contributed by atoms with Gasteiger partial charge in [0.25, 0.3) is 11.2 Å². The highest BCUT2D eigenvalue weighted by molar-refractivity contribution is 5.42. The number of non-ortho nitro benzene ring substituents is 1. The van der Waals surface area contributed by atoms with Gasteiger partial charge in [-0.15, -0.1) is 0 Å². The van der Waals surface area contributed by atoms with E-state index in [1.165, 1.54) is 22.9 Å². The van der Waals surface area contributed by atoms with Crippen LogP contribution in [0.15, 0.2) is 35.1 Å². The lowest BCUT2D eigenvalue weighted by atomic mass is 10.1. The second-order valence-corrected chi connectivity index (χ2v) is 4.83. The SMILES string of the molecule is CC(C)Cc1cc(=O)n(-c2cccc([N+](=O)[O-])c2)[nH]1. The first kappa shape index (κ1) is 13.1. The van der Waals surface area contributed by atoms with Gasteiger partial charge in [-0.2, -0.15) is 0 Å². The lowest BCUT2D eigenvalue weighted by Crippen LogP contribution is -2.13. The second-order valence-electron chi connectivity index (χ2n) is 4.83. The fourth-order valence-electron chi connectivity index (χ4n) is 1.93. The smallest absolute Gasteiger partial charge is 0.271 e. The summed E-state index contributed by atoms with van der Waals surface area (Å²) in [5.41, 5.74) is 1.04. The largest absolute Gasteiger partial charge is 0.295 e. The van der Waals surface area contributed by atoms with Crippen LogP contribution in [-0.2, 0) is 6.42 Å². The lowest BCUT2D eigenvalue weighted by molar-refractivity contribution is -0.384. The lowest BCUT2D eigenvalue weighted by Gasteiger charge is -2.03. The van der Waals surface area contributed by atoms with Crippen LogP contribution in [0, 0.1) is 16.0 Å². The van der Waals surface area contributed by atoms with E-state index >= 15 is 0 Å². The standard InChI is InChI=1S/C13H15N3O3/c1-9(2)6-10-7-13(17)15(14-10)11-4-3-5-12(8-11)16(18)19/h3-5,7-9,14H,6H2,1-2H3. The zero-order chi connectivity index (χ0) is 14.0. The van der Waals surface area contributed by atoms with Crippen LogP contribution in [0.4, 0.5) is 5.69 Å². The van der Waals surface area contributed by atoms with Gasteiger partial charge >= 0.3 is 0 Å². The van der Waals surface area contributed by atoms with Crippen LogP contribution in [0.1, 0.15) is 19.5 Å². The van der Waals surface area contributed by atoms with Gasteiger partial charge in [0.2, 0.25) is 0 Å². The first-order valence-electron chi connectivity index (χ1n) is 6.03. The maximum atomic E-state index is 11.9. The molecule has 0 fully saturated rings. The average molecular weight is 261 g/mol. The molecule has 100 valence electrons. The molecule has 0 saturated heterocycles. The van der Waals surface area contributed by atoms with E-state index in [4.69, 9.17) is 0 Å². The summed E-state index contributed by atoms with van der Waals surface area (Å²) in [5.74, 6) is 0.427. The van der Waals surface area contributed by atoms with Gasteiger partial charge in [-0.05, 0) is 18.4 Å². The van der Waals surface area contributed by atoms with Crippen molar-refractivity contribution in [1.29, 1.82) is 0 Å². The van der Waals surface area contributed by atoms with Gasteiger partial charge in [-0.25, -0.2) is 4.68 Å². The Bertz CT molecular complexity index is 655. The minimum Gasteiger partial charge on any atom is -0.295 e. The van der Waals surface area contributed by atoms with Crippen LogP contribution in [0.5, 0.6) is 0 Å². The molecule has 0 spiro atoms.